The highest BCUT2D eigenvalue weighted by Gasteiger charge is 2.19. The summed E-state index contributed by atoms with van der Waals surface area (Å²) >= 11 is 0. The number of nitrogens with one attached hydrogen (secondary N) is 1. The van der Waals surface area contributed by atoms with E-state index in [0.717, 1.165) is 16.8 Å². The maximum Gasteiger partial charge on any atom is 0.303 e. The van der Waals surface area contributed by atoms with Crippen LogP contribution in [-0.4, -0.2) is 22.1 Å². The van der Waals surface area contributed by atoms with Crippen LogP contribution in [0.3, 0.4) is 0 Å². The Hall–Kier alpha value is -1.88. The molecule has 0 spiro atoms. The quantitative estimate of drug-likeness (QED) is 0.684. The predicted octanol–water partition coefficient (Wildman–Crippen LogP) is 1.86. The second kappa shape index (κ2) is 5.84. The minimum Gasteiger partial charge on any atom is -0.481 e. The van der Waals surface area contributed by atoms with Crippen molar-refractivity contribution < 1.29 is 19.8 Å². The van der Waals surface area contributed by atoms with Crippen molar-refractivity contribution in [2.24, 2.45) is 0 Å². The van der Waals surface area contributed by atoms with Gasteiger partial charge in [0, 0.05) is 12.1 Å². The molecule has 1 aromatic rings. The maximum absolute atomic E-state index is 11.2. The van der Waals surface area contributed by atoms with Gasteiger partial charge in [0.1, 0.15) is 0 Å². The first-order valence-electron chi connectivity index (χ1n) is 6.39. The number of benzene rings is 1. The first-order chi connectivity index (χ1) is 9.06. The third-order valence-electron chi connectivity index (χ3n) is 3.26. The van der Waals surface area contributed by atoms with Crippen LogP contribution in [0.1, 0.15) is 42.9 Å². The normalized spacial score (nSPS) is 14.9. The predicted molar refractivity (Wildman–Crippen MR) is 69.8 cm³/mol. The molecule has 102 valence electrons. The standard InChI is InChI=1S/C14H17NO4/c16-12(3-1-2-4-14(18)19)9-5-6-11-10(7-9)8-13(17)15-11/h5-7,12,16H,1-4,8H2,(H,15,17)(H,18,19). The van der Waals surface area contributed by atoms with Crippen LogP contribution in [-0.2, 0) is 16.0 Å². The molecule has 2 rings (SSSR count). The fourth-order valence-electron chi connectivity index (χ4n) is 2.24. The summed E-state index contributed by atoms with van der Waals surface area (Å²) in [5, 5.41) is 21.3. The zero-order valence-electron chi connectivity index (χ0n) is 10.6. The maximum atomic E-state index is 11.2. The average Bonchev–Trinajstić information content (AvgIpc) is 2.73. The second-order valence-electron chi connectivity index (χ2n) is 4.80. The zero-order chi connectivity index (χ0) is 13.8. The van der Waals surface area contributed by atoms with Gasteiger partial charge in [0.05, 0.1) is 12.5 Å². The summed E-state index contributed by atoms with van der Waals surface area (Å²) in [5.74, 6) is -0.834. The topological polar surface area (TPSA) is 86.6 Å². The van der Waals surface area contributed by atoms with Gasteiger partial charge in [-0.2, -0.15) is 0 Å². The molecule has 1 aliphatic heterocycles. The number of aliphatic hydroxyl groups is 1. The van der Waals surface area contributed by atoms with Gasteiger partial charge in [-0.15, -0.1) is 0 Å². The van der Waals surface area contributed by atoms with Gasteiger partial charge in [-0.25, -0.2) is 0 Å². The fourth-order valence-corrected chi connectivity index (χ4v) is 2.24. The summed E-state index contributed by atoms with van der Waals surface area (Å²) in [6.07, 6.45) is 1.66. The number of amides is 1. The van der Waals surface area contributed by atoms with Crippen LogP contribution in [0.2, 0.25) is 0 Å². The van der Waals surface area contributed by atoms with Crippen LogP contribution in [0.5, 0.6) is 0 Å². The number of aliphatic hydroxyl groups excluding tert-OH is 1. The van der Waals surface area contributed by atoms with E-state index >= 15 is 0 Å². The highest BCUT2D eigenvalue weighted by Crippen LogP contribution is 2.28. The van der Waals surface area contributed by atoms with Gasteiger partial charge >= 0.3 is 5.97 Å². The summed E-state index contributed by atoms with van der Waals surface area (Å²) in [6, 6.07) is 5.44. The Kier molecular flexibility index (Phi) is 4.16. The van der Waals surface area contributed by atoms with E-state index in [4.69, 9.17) is 5.11 Å². The molecule has 1 amide bonds. The highest BCUT2D eigenvalue weighted by molar-refractivity contribution is 5.99. The molecule has 0 saturated carbocycles. The summed E-state index contributed by atoms with van der Waals surface area (Å²) in [4.78, 5) is 21.6. The molecule has 1 aliphatic rings. The van der Waals surface area contributed by atoms with Gasteiger partial charge in [0.15, 0.2) is 0 Å². The van der Waals surface area contributed by atoms with Crippen molar-refractivity contribution >= 4 is 17.6 Å². The van der Waals surface area contributed by atoms with E-state index in [1.54, 1.807) is 12.1 Å². The van der Waals surface area contributed by atoms with Gasteiger partial charge in [-0.05, 0) is 36.5 Å². The first-order valence-corrected chi connectivity index (χ1v) is 6.39. The van der Waals surface area contributed by atoms with E-state index in [1.165, 1.54) is 0 Å². The van der Waals surface area contributed by atoms with E-state index in [-0.39, 0.29) is 12.3 Å². The van der Waals surface area contributed by atoms with Crippen molar-refractivity contribution in [3.63, 3.8) is 0 Å². The van der Waals surface area contributed by atoms with Crippen molar-refractivity contribution in [3.05, 3.63) is 29.3 Å². The summed E-state index contributed by atoms with van der Waals surface area (Å²) in [5.41, 5.74) is 2.50. The van der Waals surface area contributed by atoms with E-state index in [2.05, 4.69) is 5.32 Å². The fraction of sp³-hybridized carbons (Fsp3) is 0.429. The molecule has 19 heavy (non-hydrogen) atoms. The van der Waals surface area contributed by atoms with Crippen molar-refractivity contribution in [3.8, 4) is 0 Å². The van der Waals surface area contributed by atoms with Crippen LogP contribution < -0.4 is 5.32 Å². The Bertz CT molecular complexity index is 498. The molecule has 0 aliphatic carbocycles. The molecule has 1 aromatic carbocycles. The van der Waals surface area contributed by atoms with E-state index in [0.29, 0.717) is 25.7 Å². The van der Waals surface area contributed by atoms with Crippen molar-refractivity contribution in [2.75, 3.05) is 5.32 Å². The third kappa shape index (κ3) is 3.54. The van der Waals surface area contributed by atoms with Crippen LogP contribution in [0.15, 0.2) is 18.2 Å². The van der Waals surface area contributed by atoms with Crippen LogP contribution in [0.4, 0.5) is 5.69 Å². The molecular weight excluding hydrogens is 246 g/mol. The lowest BCUT2D eigenvalue weighted by atomic mass is 10.00. The number of carboxylic acid groups (broad SMARTS) is 1. The summed E-state index contributed by atoms with van der Waals surface area (Å²) in [6.45, 7) is 0. The molecule has 5 heteroatoms. The minimum absolute atomic E-state index is 0.0249. The molecule has 5 nitrogen and oxygen atoms in total. The van der Waals surface area contributed by atoms with E-state index < -0.39 is 12.1 Å². The Labute approximate surface area is 111 Å². The molecule has 3 N–H and O–H groups in total. The van der Waals surface area contributed by atoms with Crippen molar-refractivity contribution in [2.45, 2.75) is 38.2 Å². The number of hydrogen-bond acceptors (Lipinski definition) is 3. The highest BCUT2D eigenvalue weighted by atomic mass is 16.4. The Balaban J connectivity index is 1.89. The lowest BCUT2D eigenvalue weighted by molar-refractivity contribution is -0.137. The average molecular weight is 263 g/mol. The molecule has 1 heterocycles. The minimum atomic E-state index is -0.809. The lowest BCUT2D eigenvalue weighted by Gasteiger charge is -2.11. The first kappa shape index (κ1) is 13.5. The number of carboxylic acids is 1. The number of carbonyl (C=O) groups is 2. The molecule has 0 saturated heterocycles. The summed E-state index contributed by atoms with van der Waals surface area (Å²) in [7, 11) is 0. The van der Waals surface area contributed by atoms with Gasteiger partial charge in [0.25, 0.3) is 0 Å². The monoisotopic (exact) mass is 263 g/mol. The van der Waals surface area contributed by atoms with E-state index in [1.807, 2.05) is 6.07 Å². The number of unbranched alkanes of at least 4 members (excludes halogenated alkanes) is 1. The largest absolute Gasteiger partial charge is 0.481 e. The zero-order valence-corrected chi connectivity index (χ0v) is 10.6. The van der Waals surface area contributed by atoms with Crippen molar-refractivity contribution in [1.29, 1.82) is 0 Å². The lowest BCUT2D eigenvalue weighted by Crippen LogP contribution is -2.03. The molecule has 0 aromatic heterocycles. The van der Waals surface area contributed by atoms with Gasteiger partial charge < -0.3 is 15.5 Å². The smallest absolute Gasteiger partial charge is 0.303 e. The summed E-state index contributed by atoms with van der Waals surface area (Å²) < 4.78 is 0. The second-order valence-corrected chi connectivity index (χ2v) is 4.80. The number of hydrogen-bond donors (Lipinski definition) is 3. The number of fused-ring (bicyclic) bond motifs is 1. The van der Waals surface area contributed by atoms with Crippen LogP contribution >= 0.6 is 0 Å². The number of aliphatic carboxylic acids is 1. The van der Waals surface area contributed by atoms with Gasteiger partial charge in [-0.3, -0.25) is 9.59 Å². The van der Waals surface area contributed by atoms with Crippen LogP contribution in [0.25, 0.3) is 0 Å². The van der Waals surface area contributed by atoms with Crippen LogP contribution in [0, 0.1) is 0 Å². The molecule has 0 radical (unpaired) electrons. The third-order valence-corrected chi connectivity index (χ3v) is 3.26. The molecule has 1 unspecified atom stereocenters. The Morgan fingerprint density at radius 2 is 2.16 bits per heavy atom. The van der Waals surface area contributed by atoms with Crippen molar-refractivity contribution in [1.82, 2.24) is 0 Å². The molecule has 0 fully saturated rings. The number of carbonyl (C=O) groups excluding carboxylic acids is 1. The van der Waals surface area contributed by atoms with E-state index in [9.17, 15) is 14.7 Å². The SMILES string of the molecule is O=C(O)CCCCC(O)c1ccc2c(c1)CC(=O)N2. The molecule has 1 atom stereocenters. The molecule has 0 bridgehead atoms. The van der Waals surface area contributed by atoms with Gasteiger partial charge in [-0.1, -0.05) is 12.1 Å². The Morgan fingerprint density at radius 3 is 2.89 bits per heavy atom. The Morgan fingerprint density at radius 1 is 1.37 bits per heavy atom. The number of rotatable bonds is 6. The number of anilines is 1. The molecular formula is C14H17NO4. The van der Waals surface area contributed by atoms with Gasteiger partial charge in [0.2, 0.25) is 5.91 Å².